The zero-order valence-electron chi connectivity index (χ0n) is 12.1. The number of hydrogen-bond donors (Lipinski definition) is 2. The van der Waals surface area contributed by atoms with Gasteiger partial charge in [-0.15, -0.1) is 0 Å². The van der Waals surface area contributed by atoms with E-state index in [1.807, 2.05) is 0 Å². The summed E-state index contributed by atoms with van der Waals surface area (Å²) in [6.45, 7) is 1.23. The van der Waals surface area contributed by atoms with Crippen LogP contribution in [0, 0.1) is 0 Å². The third-order valence-electron chi connectivity index (χ3n) is 3.55. The monoisotopic (exact) mass is 325 g/mol. The fraction of sp³-hybridized carbons (Fsp3) is 0.429. The summed E-state index contributed by atoms with van der Waals surface area (Å²) in [6, 6.07) is 6.24. The van der Waals surface area contributed by atoms with E-state index in [0.29, 0.717) is 18.7 Å². The molecule has 0 spiro atoms. The van der Waals surface area contributed by atoms with Crippen LogP contribution >= 0.6 is 0 Å². The van der Waals surface area contributed by atoms with Crippen molar-refractivity contribution in [1.82, 2.24) is 9.62 Å². The Morgan fingerprint density at radius 1 is 1.09 bits per heavy atom. The molecule has 8 heteroatoms. The van der Waals surface area contributed by atoms with Crippen molar-refractivity contribution in [2.24, 2.45) is 5.73 Å². The Balaban J connectivity index is 2.04. The molecule has 0 radical (unpaired) electrons. The molecule has 0 bridgehead atoms. The van der Waals surface area contributed by atoms with Crippen LogP contribution in [0.5, 0.6) is 0 Å². The maximum absolute atomic E-state index is 12.4. The summed E-state index contributed by atoms with van der Waals surface area (Å²) in [6.07, 6.45) is 2.83. The van der Waals surface area contributed by atoms with E-state index in [9.17, 15) is 18.0 Å². The SMILES string of the molecule is NC(=O)C(=O)NCc1ccc(S(=O)(=O)N2CCCCC2)cc1. The Bertz CT molecular complexity index is 649. The Morgan fingerprint density at radius 2 is 1.68 bits per heavy atom. The summed E-state index contributed by atoms with van der Waals surface area (Å²) in [5.74, 6) is -1.92. The number of sulfonamides is 1. The van der Waals surface area contributed by atoms with Crippen LogP contribution in [-0.4, -0.2) is 37.6 Å². The molecule has 120 valence electrons. The molecule has 1 fully saturated rings. The average molecular weight is 325 g/mol. The Morgan fingerprint density at radius 3 is 2.23 bits per heavy atom. The number of amides is 2. The van der Waals surface area contributed by atoms with Crippen LogP contribution in [-0.2, 0) is 26.2 Å². The highest BCUT2D eigenvalue weighted by Gasteiger charge is 2.25. The highest BCUT2D eigenvalue weighted by atomic mass is 32.2. The van der Waals surface area contributed by atoms with E-state index in [1.54, 1.807) is 12.1 Å². The van der Waals surface area contributed by atoms with Crippen molar-refractivity contribution in [2.45, 2.75) is 30.7 Å². The van der Waals surface area contributed by atoms with Gasteiger partial charge in [-0.1, -0.05) is 18.6 Å². The summed E-state index contributed by atoms with van der Waals surface area (Å²) in [5.41, 5.74) is 5.52. The summed E-state index contributed by atoms with van der Waals surface area (Å²) in [4.78, 5) is 21.9. The molecule has 0 aromatic heterocycles. The number of nitrogens with zero attached hydrogens (tertiary/aromatic N) is 1. The molecule has 1 aliphatic heterocycles. The highest BCUT2D eigenvalue weighted by Crippen LogP contribution is 2.20. The van der Waals surface area contributed by atoms with Crippen molar-refractivity contribution < 1.29 is 18.0 Å². The predicted octanol–water partition coefficient (Wildman–Crippen LogP) is -0.0373. The first-order chi connectivity index (χ1) is 10.4. The summed E-state index contributed by atoms with van der Waals surface area (Å²) < 4.78 is 26.4. The van der Waals surface area contributed by atoms with Crippen molar-refractivity contribution in [3.8, 4) is 0 Å². The van der Waals surface area contributed by atoms with Gasteiger partial charge in [0.05, 0.1) is 4.90 Å². The fourth-order valence-electron chi connectivity index (χ4n) is 2.30. The van der Waals surface area contributed by atoms with E-state index in [-0.39, 0.29) is 11.4 Å². The van der Waals surface area contributed by atoms with Crippen LogP contribution in [0.3, 0.4) is 0 Å². The third-order valence-corrected chi connectivity index (χ3v) is 5.47. The van der Waals surface area contributed by atoms with E-state index in [0.717, 1.165) is 19.3 Å². The summed E-state index contributed by atoms with van der Waals surface area (Å²) in [7, 11) is -3.45. The number of rotatable bonds is 4. The first-order valence-electron chi connectivity index (χ1n) is 7.08. The second-order valence-electron chi connectivity index (χ2n) is 5.16. The minimum atomic E-state index is -3.45. The van der Waals surface area contributed by atoms with Crippen LogP contribution in [0.25, 0.3) is 0 Å². The van der Waals surface area contributed by atoms with Crippen LogP contribution in [0.15, 0.2) is 29.2 Å². The van der Waals surface area contributed by atoms with Crippen molar-refractivity contribution in [1.29, 1.82) is 0 Å². The van der Waals surface area contributed by atoms with E-state index < -0.39 is 21.8 Å². The first kappa shape index (κ1) is 16.4. The predicted molar refractivity (Wildman–Crippen MR) is 80.1 cm³/mol. The second-order valence-corrected chi connectivity index (χ2v) is 7.09. The molecule has 0 atom stereocenters. The quantitative estimate of drug-likeness (QED) is 0.757. The van der Waals surface area contributed by atoms with Crippen LogP contribution < -0.4 is 11.1 Å². The molecule has 2 rings (SSSR count). The molecule has 3 N–H and O–H groups in total. The molecular weight excluding hydrogens is 306 g/mol. The van der Waals surface area contributed by atoms with E-state index >= 15 is 0 Å². The summed E-state index contributed by atoms with van der Waals surface area (Å²) in [5, 5.41) is 2.35. The number of nitrogens with one attached hydrogen (secondary N) is 1. The van der Waals surface area contributed by atoms with Gasteiger partial charge in [0, 0.05) is 19.6 Å². The van der Waals surface area contributed by atoms with Crippen LogP contribution in [0.2, 0.25) is 0 Å². The number of piperidine rings is 1. The zero-order chi connectivity index (χ0) is 16.2. The highest BCUT2D eigenvalue weighted by molar-refractivity contribution is 7.89. The number of carbonyl (C=O) groups is 2. The molecule has 7 nitrogen and oxygen atoms in total. The molecule has 1 heterocycles. The molecule has 22 heavy (non-hydrogen) atoms. The fourth-order valence-corrected chi connectivity index (χ4v) is 3.82. The van der Waals surface area contributed by atoms with Gasteiger partial charge in [0.2, 0.25) is 10.0 Å². The number of benzene rings is 1. The number of hydrogen-bond acceptors (Lipinski definition) is 4. The van der Waals surface area contributed by atoms with Gasteiger partial charge in [-0.05, 0) is 30.5 Å². The Labute approximate surface area is 129 Å². The van der Waals surface area contributed by atoms with Gasteiger partial charge in [-0.2, -0.15) is 4.31 Å². The lowest BCUT2D eigenvalue weighted by atomic mass is 10.2. The minimum Gasteiger partial charge on any atom is -0.361 e. The minimum absolute atomic E-state index is 0.117. The number of primary amides is 1. The normalized spacial score (nSPS) is 16.2. The van der Waals surface area contributed by atoms with E-state index in [1.165, 1.54) is 16.4 Å². The van der Waals surface area contributed by atoms with Crippen molar-refractivity contribution in [3.63, 3.8) is 0 Å². The zero-order valence-corrected chi connectivity index (χ0v) is 12.9. The standard InChI is InChI=1S/C14H19N3O4S/c15-13(18)14(19)16-10-11-4-6-12(7-5-11)22(20,21)17-8-2-1-3-9-17/h4-7H,1-3,8-10H2,(H2,15,18)(H,16,19). The van der Waals surface area contributed by atoms with Crippen molar-refractivity contribution in [3.05, 3.63) is 29.8 Å². The lowest BCUT2D eigenvalue weighted by molar-refractivity contribution is -0.137. The molecule has 1 saturated heterocycles. The van der Waals surface area contributed by atoms with Crippen LogP contribution in [0.4, 0.5) is 0 Å². The molecule has 0 unspecified atom stereocenters. The number of carbonyl (C=O) groups excluding carboxylic acids is 2. The van der Waals surface area contributed by atoms with E-state index in [2.05, 4.69) is 5.32 Å². The van der Waals surface area contributed by atoms with Gasteiger partial charge in [0.25, 0.3) is 0 Å². The van der Waals surface area contributed by atoms with Gasteiger partial charge in [0.15, 0.2) is 0 Å². The Kier molecular flexibility index (Phi) is 5.15. The molecule has 1 aromatic carbocycles. The molecular formula is C14H19N3O4S. The summed E-state index contributed by atoms with van der Waals surface area (Å²) >= 11 is 0. The largest absolute Gasteiger partial charge is 0.361 e. The van der Waals surface area contributed by atoms with E-state index in [4.69, 9.17) is 5.73 Å². The first-order valence-corrected chi connectivity index (χ1v) is 8.52. The maximum atomic E-state index is 12.4. The lowest BCUT2D eigenvalue weighted by Crippen LogP contribution is -2.36. The third kappa shape index (κ3) is 3.83. The molecule has 2 amide bonds. The van der Waals surface area contributed by atoms with Gasteiger partial charge in [-0.25, -0.2) is 8.42 Å². The molecule has 1 aliphatic rings. The van der Waals surface area contributed by atoms with Gasteiger partial charge < -0.3 is 11.1 Å². The molecule has 0 saturated carbocycles. The number of nitrogens with two attached hydrogens (primary N) is 1. The molecule has 1 aromatic rings. The van der Waals surface area contributed by atoms with Gasteiger partial charge in [0.1, 0.15) is 0 Å². The maximum Gasteiger partial charge on any atom is 0.309 e. The van der Waals surface area contributed by atoms with Crippen molar-refractivity contribution in [2.75, 3.05) is 13.1 Å². The lowest BCUT2D eigenvalue weighted by Gasteiger charge is -2.25. The smallest absolute Gasteiger partial charge is 0.309 e. The van der Waals surface area contributed by atoms with Crippen molar-refractivity contribution >= 4 is 21.8 Å². The topological polar surface area (TPSA) is 110 Å². The second kappa shape index (κ2) is 6.89. The average Bonchev–Trinajstić information content (AvgIpc) is 2.53. The van der Waals surface area contributed by atoms with Gasteiger partial charge >= 0.3 is 11.8 Å². The Hall–Kier alpha value is -1.93. The van der Waals surface area contributed by atoms with Crippen LogP contribution in [0.1, 0.15) is 24.8 Å². The molecule has 0 aliphatic carbocycles. The van der Waals surface area contributed by atoms with Gasteiger partial charge in [-0.3, -0.25) is 9.59 Å².